The lowest BCUT2D eigenvalue weighted by Crippen LogP contribution is -2.40. The Morgan fingerprint density at radius 2 is 1.92 bits per heavy atom. The van der Waals surface area contributed by atoms with Crippen LogP contribution in [0.1, 0.15) is 35.1 Å². The van der Waals surface area contributed by atoms with E-state index in [0.717, 1.165) is 5.56 Å². The van der Waals surface area contributed by atoms with Gasteiger partial charge in [0.25, 0.3) is 0 Å². The van der Waals surface area contributed by atoms with Crippen molar-refractivity contribution in [3.8, 4) is 0 Å². The molecule has 0 aliphatic carbocycles. The van der Waals surface area contributed by atoms with Crippen LogP contribution < -0.4 is 4.90 Å². The molecule has 1 fully saturated rings. The Kier molecular flexibility index (Phi) is 3.95. The summed E-state index contributed by atoms with van der Waals surface area (Å²) in [6.45, 7) is 2.58. The van der Waals surface area contributed by atoms with Gasteiger partial charge in [0.2, 0.25) is 0 Å². The van der Waals surface area contributed by atoms with Crippen LogP contribution in [0.3, 0.4) is 0 Å². The van der Waals surface area contributed by atoms with E-state index in [2.05, 4.69) is 15.0 Å². The molecule has 5 nitrogen and oxygen atoms in total. The lowest BCUT2D eigenvalue weighted by molar-refractivity contribution is 0.101. The van der Waals surface area contributed by atoms with Gasteiger partial charge in [0.15, 0.2) is 16.6 Å². The third-order valence-corrected chi connectivity index (χ3v) is 5.69. The van der Waals surface area contributed by atoms with Crippen molar-refractivity contribution in [3.05, 3.63) is 47.2 Å². The van der Waals surface area contributed by atoms with Crippen LogP contribution in [0.15, 0.2) is 36.7 Å². The molecular formula is C18H17FN4OS. The molecule has 0 radical (unpaired) electrons. The summed E-state index contributed by atoms with van der Waals surface area (Å²) in [7, 11) is 0. The van der Waals surface area contributed by atoms with E-state index in [0.29, 0.717) is 47.1 Å². The molecule has 0 amide bonds. The topological polar surface area (TPSA) is 59.0 Å². The molecule has 1 aliphatic heterocycles. The normalized spacial score (nSPS) is 17.0. The quantitative estimate of drug-likeness (QED) is 0.669. The van der Waals surface area contributed by atoms with Crippen LogP contribution >= 0.6 is 11.3 Å². The molecule has 7 heteroatoms. The molecule has 3 aromatic rings. The number of thiazole rings is 1. The van der Waals surface area contributed by atoms with E-state index in [1.54, 1.807) is 0 Å². The smallest absolute Gasteiger partial charge is 0.188 e. The highest BCUT2D eigenvalue weighted by Crippen LogP contribution is 2.39. The molecule has 1 aromatic carbocycles. The van der Waals surface area contributed by atoms with Gasteiger partial charge in [-0.2, -0.15) is 0 Å². The lowest BCUT2D eigenvalue weighted by Gasteiger charge is -2.37. The van der Waals surface area contributed by atoms with Gasteiger partial charge < -0.3 is 4.90 Å². The number of fused-ring (bicyclic) bond motifs is 1. The predicted octanol–water partition coefficient (Wildman–Crippen LogP) is 3.75. The number of anilines is 1. The third-order valence-electron chi connectivity index (χ3n) is 4.62. The van der Waals surface area contributed by atoms with Crippen LogP contribution in [0.2, 0.25) is 0 Å². The van der Waals surface area contributed by atoms with Gasteiger partial charge in [0.1, 0.15) is 22.3 Å². The van der Waals surface area contributed by atoms with Crippen molar-refractivity contribution < 1.29 is 9.18 Å². The van der Waals surface area contributed by atoms with Crippen molar-refractivity contribution in [1.29, 1.82) is 0 Å². The number of aromatic nitrogens is 3. The Hall–Kier alpha value is -2.41. The largest absolute Gasteiger partial charge is 0.354 e. The SMILES string of the molecule is CC(=O)c1nc2c(N3CCC(F)(c4ccccc4)CC3)ncnc2s1. The van der Waals surface area contributed by atoms with E-state index in [1.807, 2.05) is 35.2 Å². The molecule has 0 bridgehead atoms. The first-order chi connectivity index (χ1) is 12.1. The number of nitrogens with zero attached hydrogens (tertiary/aromatic N) is 4. The van der Waals surface area contributed by atoms with Crippen LogP contribution in [-0.4, -0.2) is 33.8 Å². The van der Waals surface area contributed by atoms with Crippen molar-refractivity contribution in [3.63, 3.8) is 0 Å². The van der Waals surface area contributed by atoms with Gasteiger partial charge >= 0.3 is 0 Å². The van der Waals surface area contributed by atoms with Crippen LogP contribution in [0.25, 0.3) is 10.3 Å². The van der Waals surface area contributed by atoms with E-state index in [4.69, 9.17) is 0 Å². The number of halogens is 1. The molecular weight excluding hydrogens is 339 g/mol. The Morgan fingerprint density at radius 3 is 2.60 bits per heavy atom. The van der Waals surface area contributed by atoms with Crippen molar-refractivity contribution in [2.45, 2.75) is 25.4 Å². The number of hydrogen-bond acceptors (Lipinski definition) is 6. The zero-order chi connectivity index (χ0) is 17.4. The number of carbonyl (C=O) groups excluding carboxylic acids is 1. The second kappa shape index (κ2) is 6.15. The second-order valence-electron chi connectivity index (χ2n) is 6.24. The minimum atomic E-state index is -1.31. The summed E-state index contributed by atoms with van der Waals surface area (Å²) >= 11 is 1.27. The Bertz CT molecular complexity index is 919. The molecule has 0 N–H and O–H groups in total. The highest BCUT2D eigenvalue weighted by molar-refractivity contribution is 7.19. The number of piperidine rings is 1. The van der Waals surface area contributed by atoms with Crippen molar-refractivity contribution in [1.82, 2.24) is 15.0 Å². The molecule has 2 aromatic heterocycles. The third kappa shape index (κ3) is 2.89. The molecule has 0 atom stereocenters. The minimum absolute atomic E-state index is 0.0838. The van der Waals surface area contributed by atoms with Crippen molar-refractivity contribution in [2.24, 2.45) is 0 Å². The maximum atomic E-state index is 15.3. The Labute approximate surface area is 148 Å². The molecule has 1 aliphatic rings. The van der Waals surface area contributed by atoms with Crippen LogP contribution in [0, 0.1) is 0 Å². The first-order valence-electron chi connectivity index (χ1n) is 8.19. The van der Waals surface area contributed by atoms with Gasteiger partial charge in [-0.3, -0.25) is 4.79 Å². The van der Waals surface area contributed by atoms with Gasteiger partial charge in [-0.25, -0.2) is 19.3 Å². The van der Waals surface area contributed by atoms with E-state index < -0.39 is 5.67 Å². The summed E-state index contributed by atoms with van der Waals surface area (Å²) in [5.74, 6) is 0.600. The highest BCUT2D eigenvalue weighted by atomic mass is 32.1. The van der Waals surface area contributed by atoms with E-state index >= 15 is 4.39 Å². The van der Waals surface area contributed by atoms with E-state index in [1.165, 1.54) is 24.6 Å². The fourth-order valence-corrected chi connectivity index (χ4v) is 4.02. The Morgan fingerprint density at radius 1 is 1.20 bits per heavy atom. The number of ketones is 1. The number of alkyl halides is 1. The number of Topliss-reactive ketones (excluding diaryl/α,β-unsaturated/α-hetero) is 1. The highest BCUT2D eigenvalue weighted by Gasteiger charge is 2.37. The van der Waals surface area contributed by atoms with Gasteiger partial charge in [-0.15, -0.1) is 0 Å². The first-order valence-corrected chi connectivity index (χ1v) is 9.00. The summed E-state index contributed by atoms with van der Waals surface area (Å²) < 4.78 is 15.3. The second-order valence-corrected chi connectivity index (χ2v) is 7.22. The van der Waals surface area contributed by atoms with Gasteiger partial charge in [-0.05, 0) is 5.56 Å². The van der Waals surface area contributed by atoms with Crippen LogP contribution in [0.5, 0.6) is 0 Å². The number of hydrogen-bond donors (Lipinski definition) is 0. The predicted molar refractivity (Wildman–Crippen MR) is 95.9 cm³/mol. The van der Waals surface area contributed by atoms with Crippen molar-refractivity contribution in [2.75, 3.05) is 18.0 Å². The molecule has 0 saturated carbocycles. The standard InChI is InChI=1S/C18H17FN4OS/c1-12(24)16-22-14-15(20-11-21-17(14)25-16)23-9-7-18(19,8-10-23)13-5-3-2-4-6-13/h2-6,11H,7-10H2,1H3. The fourth-order valence-electron chi connectivity index (χ4n) is 3.22. The average Bonchev–Trinajstić information content (AvgIpc) is 3.08. The zero-order valence-electron chi connectivity index (χ0n) is 13.8. The van der Waals surface area contributed by atoms with Crippen LogP contribution in [-0.2, 0) is 5.67 Å². The number of benzene rings is 1. The summed E-state index contributed by atoms with van der Waals surface area (Å²) in [4.78, 5) is 27.3. The van der Waals surface area contributed by atoms with E-state index in [-0.39, 0.29) is 5.78 Å². The van der Waals surface area contributed by atoms with Crippen molar-refractivity contribution >= 4 is 33.3 Å². The fraction of sp³-hybridized carbons (Fsp3) is 0.333. The molecule has 1 saturated heterocycles. The molecule has 3 heterocycles. The number of rotatable bonds is 3. The summed E-state index contributed by atoms with van der Waals surface area (Å²) in [5, 5.41) is 0.429. The first kappa shape index (κ1) is 16.1. The lowest BCUT2D eigenvalue weighted by atomic mass is 9.86. The summed E-state index contributed by atoms with van der Waals surface area (Å²) in [6.07, 6.45) is 2.27. The number of carbonyl (C=O) groups is 1. The monoisotopic (exact) mass is 356 g/mol. The van der Waals surface area contributed by atoms with Crippen LogP contribution in [0.4, 0.5) is 10.2 Å². The van der Waals surface area contributed by atoms with E-state index in [9.17, 15) is 4.79 Å². The summed E-state index contributed by atoms with van der Waals surface area (Å²) in [6, 6.07) is 9.33. The zero-order valence-corrected chi connectivity index (χ0v) is 14.6. The Balaban J connectivity index is 1.61. The molecule has 25 heavy (non-hydrogen) atoms. The average molecular weight is 356 g/mol. The minimum Gasteiger partial charge on any atom is -0.354 e. The maximum Gasteiger partial charge on any atom is 0.188 e. The molecule has 128 valence electrons. The molecule has 0 unspecified atom stereocenters. The maximum absolute atomic E-state index is 15.3. The van der Waals surface area contributed by atoms with Gasteiger partial charge in [-0.1, -0.05) is 41.7 Å². The summed E-state index contributed by atoms with van der Waals surface area (Å²) in [5.41, 5.74) is 0.0510. The van der Waals surface area contributed by atoms with Gasteiger partial charge in [0.05, 0.1) is 0 Å². The molecule has 4 rings (SSSR count). The molecule has 0 spiro atoms. The van der Waals surface area contributed by atoms with Gasteiger partial charge in [0, 0.05) is 32.9 Å².